The number of hydrogen-bond donors (Lipinski definition) is 1. The third-order valence-electron chi connectivity index (χ3n) is 3.84. The summed E-state index contributed by atoms with van der Waals surface area (Å²) in [7, 11) is 0. The Bertz CT molecular complexity index is 816. The van der Waals surface area contributed by atoms with Gasteiger partial charge in [-0.05, 0) is 31.5 Å². The Kier molecular flexibility index (Phi) is 3.26. The van der Waals surface area contributed by atoms with Gasteiger partial charge in [0.05, 0.1) is 5.52 Å². The lowest BCUT2D eigenvalue weighted by Gasteiger charge is -2.09. The number of nitrogens with zero attached hydrogens (tertiary/aromatic N) is 1. The SMILES string of the molecule is CC(=O)c1c(C)n(Cc2ccccc2)c2cc(O)ccc12. The van der Waals surface area contributed by atoms with Gasteiger partial charge in [0.15, 0.2) is 5.78 Å². The summed E-state index contributed by atoms with van der Waals surface area (Å²) in [4.78, 5) is 12.0. The highest BCUT2D eigenvalue weighted by molar-refractivity contribution is 6.08. The normalized spacial score (nSPS) is 11.0. The molecule has 3 nitrogen and oxygen atoms in total. The molecule has 106 valence electrons. The van der Waals surface area contributed by atoms with Crippen molar-refractivity contribution in [2.45, 2.75) is 20.4 Å². The molecule has 0 aliphatic carbocycles. The second-order valence-corrected chi connectivity index (χ2v) is 5.29. The van der Waals surface area contributed by atoms with Gasteiger partial charge in [0, 0.05) is 29.3 Å². The maximum Gasteiger partial charge on any atom is 0.162 e. The average Bonchev–Trinajstić information content (AvgIpc) is 2.73. The fourth-order valence-electron chi connectivity index (χ4n) is 2.88. The highest BCUT2D eigenvalue weighted by Crippen LogP contribution is 2.29. The Morgan fingerprint density at radius 1 is 1.14 bits per heavy atom. The second-order valence-electron chi connectivity index (χ2n) is 5.29. The molecule has 0 amide bonds. The smallest absolute Gasteiger partial charge is 0.162 e. The molecule has 3 rings (SSSR count). The summed E-state index contributed by atoms with van der Waals surface area (Å²) >= 11 is 0. The average molecular weight is 279 g/mol. The summed E-state index contributed by atoms with van der Waals surface area (Å²) in [6.07, 6.45) is 0. The molecule has 0 bridgehead atoms. The van der Waals surface area contributed by atoms with Gasteiger partial charge < -0.3 is 9.67 Å². The summed E-state index contributed by atoms with van der Waals surface area (Å²) in [6.45, 7) is 4.22. The molecule has 1 aromatic heterocycles. The fourth-order valence-corrected chi connectivity index (χ4v) is 2.88. The molecule has 0 fully saturated rings. The van der Waals surface area contributed by atoms with E-state index in [0.717, 1.165) is 27.7 Å². The van der Waals surface area contributed by atoms with Gasteiger partial charge in [0.2, 0.25) is 0 Å². The van der Waals surface area contributed by atoms with E-state index < -0.39 is 0 Å². The Balaban J connectivity index is 2.24. The van der Waals surface area contributed by atoms with Gasteiger partial charge in [-0.2, -0.15) is 0 Å². The zero-order valence-electron chi connectivity index (χ0n) is 12.1. The summed E-state index contributed by atoms with van der Waals surface area (Å²) in [5.41, 5.74) is 3.73. The van der Waals surface area contributed by atoms with E-state index in [-0.39, 0.29) is 11.5 Å². The molecule has 0 atom stereocenters. The number of carbonyl (C=O) groups is 1. The zero-order valence-corrected chi connectivity index (χ0v) is 12.1. The minimum atomic E-state index is 0.0509. The van der Waals surface area contributed by atoms with Crippen LogP contribution in [-0.4, -0.2) is 15.5 Å². The van der Waals surface area contributed by atoms with Crippen molar-refractivity contribution in [3.05, 3.63) is 65.4 Å². The van der Waals surface area contributed by atoms with Crippen LogP contribution in [0.1, 0.15) is 28.5 Å². The van der Waals surface area contributed by atoms with Crippen LogP contribution in [0.25, 0.3) is 10.9 Å². The Labute approximate surface area is 123 Å². The first-order chi connectivity index (χ1) is 10.1. The molecule has 1 N–H and O–H groups in total. The Morgan fingerprint density at radius 3 is 2.52 bits per heavy atom. The van der Waals surface area contributed by atoms with Crippen LogP contribution in [0.2, 0.25) is 0 Å². The number of Topliss-reactive ketones (excluding diaryl/α,β-unsaturated/α-hetero) is 1. The largest absolute Gasteiger partial charge is 0.508 e. The van der Waals surface area contributed by atoms with Gasteiger partial charge in [-0.1, -0.05) is 30.3 Å². The van der Waals surface area contributed by atoms with Crippen molar-refractivity contribution >= 4 is 16.7 Å². The number of phenols is 1. The van der Waals surface area contributed by atoms with E-state index in [4.69, 9.17) is 0 Å². The van der Waals surface area contributed by atoms with E-state index in [0.29, 0.717) is 6.54 Å². The highest BCUT2D eigenvalue weighted by atomic mass is 16.3. The number of hydrogen-bond acceptors (Lipinski definition) is 2. The first-order valence-electron chi connectivity index (χ1n) is 6.94. The number of phenolic OH excluding ortho intramolecular Hbond substituents is 1. The second kappa shape index (κ2) is 5.09. The summed E-state index contributed by atoms with van der Waals surface area (Å²) in [5.74, 6) is 0.263. The molecule has 3 heteroatoms. The summed E-state index contributed by atoms with van der Waals surface area (Å²) < 4.78 is 2.08. The maximum absolute atomic E-state index is 12.0. The lowest BCUT2D eigenvalue weighted by atomic mass is 10.1. The molecule has 0 aliphatic heterocycles. The van der Waals surface area contributed by atoms with Gasteiger partial charge in [0.1, 0.15) is 5.75 Å². The predicted octanol–water partition coefficient (Wildman–Crippen LogP) is 3.91. The molecule has 0 saturated carbocycles. The topological polar surface area (TPSA) is 42.2 Å². The van der Waals surface area contributed by atoms with Crippen molar-refractivity contribution in [1.29, 1.82) is 0 Å². The number of aromatic hydroxyl groups is 1. The molecular formula is C18H17NO2. The van der Waals surface area contributed by atoms with Crippen LogP contribution in [-0.2, 0) is 6.54 Å². The molecule has 2 aromatic carbocycles. The quantitative estimate of drug-likeness (QED) is 0.739. The van der Waals surface area contributed by atoms with Gasteiger partial charge in [-0.3, -0.25) is 4.79 Å². The monoisotopic (exact) mass is 279 g/mol. The van der Waals surface area contributed by atoms with Crippen LogP contribution < -0.4 is 0 Å². The lowest BCUT2D eigenvalue weighted by molar-refractivity contribution is 0.101. The number of aromatic nitrogens is 1. The fraction of sp³-hybridized carbons (Fsp3) is 0.167. The first-order valence-corrected chi connectivity index (χ1v) is 6.94. The highest BCUT2D eigenvalue weighted by Gasteiger charge is 2.17. The number of fused-ring (bicyclic) bond motifs is 1. The lowest BCUT2D eigenvalue weighted by Crippen LogP contribution is -2.03. The number of ketones is 1. The van der Waals surface area contributed by atoms with Gasteiger partial charge >= 0.3 is 0 Å². The van der Waals surface area contributed by atoms with Crippen molar-refractivity contribution in [3.8, 4) is 5.75 Å². The van der Waals surface area contributed by atoms with Gasteiger partial charge in [-0.25, -0.2) is 0 Å². The number of carbonyl (C=O) groups excluding carboxylic acids is 1. The van der Waals surface area contributed by atoms with E-state index >= 15 is 0 Å². The summed E-state index contributed by atoms with van der Waals surface area (Å²) in [6, 6.07) is 15.3. The van der Waals surface area contributed by atoms with Crippen molar-refractivity contribution in [2.75, 3.05) is 0 Å². The van der Waals surface area contributed by atoms with E-state index in [2.05, 4.69) is 16.7 Å². The van der Waals surface area contributed by atoms with Crippen molar-refractivity contribution in [3.63, 3.8) is 0 Å². The van der Waals surface area contributed by atoms with Crippen LogP contribution in [0.4, 0.5) is 0 Å². The molecule has 0 aliphatic rings. The maximum atomic E-state index is 12.0. The minimum Gasteiger partial charge on any atom is -0.508 e. The van der Waals surface area contributed by atoms with Crippen LogP contribution in [0.15, 0.2) is 48.5 Å². The third-order valence-corrected chi connectivity index (χ3v) is 3.84. The van der Waals surface area contributed by atoms with E-state index in [1.165, 1.54) is 0 Å². The molecule has 0 saturated heterocycles. The number of rotatable bonds is 3. The van der Waals surface area contributed by atoms with Crippen LogP contribution in [0.3, 0.4) is 0 Å². The van der Waals surface area contributed by atoms with Crippen LogP contribution >= 0.6 is 0 Å². The summed E-state index contributed by atoms with van der Waals surface area (Å²) in [5, 5.41) is 10.7. The first kappa shape index (κ1) is 13.4. The van der Waals surface area contributed by atoms with Gasteiger partial charge in [-0.15, -0.1) is 0 Å². The van der Waals surface area contributed by atoms with Crippen LogP contribution in [0, 0.1) is 6.92 Å². The molecule has 21 heavy (non-hydrogen) atoms. The Hall–Kier alpha value is -2.55. The van der Waals surface area contributed by atoms with Crippen LogP contribution in [0.5, 0.6) is 5.75 Å². The van der Waals surface area contributed by atoms with E-state index in [9.17, 15) is 9.90 Å². The number of benzene rings is 2. The third kappa shape index (κ3) is 2.31. The Morgan fingerprint density at radius 2 is 1.86 bits per heavy atom. The zero-order chi connectivity index (χ0) is 15.0. The van der Waals surface area contributed by atoms with Crippen molar-refractivity contribution in [2.24, 2.45) is 0 Å². The van der Waals surface area contributed by atoms with E-state index in [1.54, 1.807) is 19.1 Å². The molecule has 1 heterocycles. The van der Waals surface area contributed by atoms with E-state index in [1.807, 2.05) is 31.2 Å². The molecule has 0 unspecified atom stereocenters. The predicted molar refractivity (Wildman–Crippen MR) is 83.9 cm³/mol. The van der Waals surface area contributed by atoms with Gasteiger partial charge in [0.25, 0.3) is 0 Å². The molecular weight excluding hydrogens is 262 g/mol. The van der Waals surface area contributed by atoms with Crippen molar-refractivity contribution < 1.29 is 9.90 Å². The molecule has 0 spiro atoms. The molecule has 3 aromatic rings. The van der Waals surface area contributed by atoms with Crippen molar-refractivity contribution in [1.82, 2.24) is 4.57 Å². The standard InChI is InChI=1S/C18H17NO2/c1-12-18(13(2)20)16-9-8-15(21)10-17(16)19(12)11-14-6-4-3-5-7-14/h3-10,21H,11H2,1-2H3. The molecule has 0 radical (unpaired) electrons. The minimum absolute atomic E-state index is 0.0509.